The molecule has 2 heterocycles. The van der Waals surface area contributed by atoms with Crippen LogP contribution in [-0.2, 0) is 9.53 Å². The van der Waals surface area contributed by atoms with E-state index < -0.39 is 10.9 Å². The average Bonchev–Trinajstić information content (AvgIpc) is 3.08. The number of methoxy groups -OCH3 is 1. The SMILES string of the molecule is COc1ccc2c(c1)OCC(/C=C1\N=C(c3ccc(C)c([N+](=O)[O-])c3)OC1=O)=C2. The predicted molar refractivity (Wildman–Crippen MR) is 105 cm³/mol. The van der Waals surface area contributed by atoms with Gasteiger partial charge >= 0.3 is 5.97 Å². The first-order valence-corrected chi connectivity index (χ1v) is 8.74. The summed E-state index contributed by atoms with van der Waals surface area (Å²) in [5.41, 5.74) is 2.52. The first kappa shape index (κ1) is 18.4. The van der Waals surface area contributed by atoms with Crippen molar-refractivity contribution in [2.24, 2.45) is 4.99 Å². The minimum absolute atomic E-state index is 0.0341. The second-order valence-electron chi connectivity index (χ2n) is 6.51. The van der Waals surface area contributed by atoms with E-state index in [9.17, 15) is 14.9 Å². The second kappa shape index (κ2) is 7.23. The molecule has 0 N–H and O–H groups in total. The van der Waals surface area contributed by atoms with Gasteiger partial charge in [-0.25, -0.2) is 9.79 Å². The predicted octanol–water partition coefficient (Wildman–Crippen LogP) is 3.58. The Labute approximate surface area is 165 Å². The molecule has 29 heavy (non-hydrogen) atoms. The number of aryl methyl sites for hydroxylation is 1. The summed E-state index contributed by atoms with van der Waals surface area (Å²) < 4.78 is 16.1. The van der Waals surface area contributed by atoms with Gasteiger partial charge in [-0.05, 0) is 42.8 Å². The van der Waals surface area contributed by atoms with Gasteiger partial charge in [0.25, 0.3) is 5.69 Å². The molecule has 2 aliphatic rings. The fourth-order valence-corrected chi connectivity index (χ4v) is 3.02. The molecule has 0 radical (unpaired) electrons. The Morgan fingerprint density at radius 1 is 1.24 bits per heavy atom. The maximum absolute atomic E-state index is 12.2. The molecule has 2 aliphatic heterocycles. The fourth-order valence-electron chi connectivity index (χ4n) is 3.02. The Kier molecular flexibility index (Phi) is 4.59. The number of benzene rings is 2. The van der Waals surface area contributed by atoms with Crippen molar-refractivity contribution in [1.82, 2.24) is 0 Å². The van der Waals surface area contributed by atoms with Crippen LogP contribution >= 0.6 is 0 Å². The van der Waals surface area contributed by atoms with Crippen molar-refractivity contribution in [3.8, 4) is 11.5 Å². The molecule has 8 heteroatoms. The van der Waals surface area contributed by atoms with Crippen molar-refractivity contribution >= 4 is 23.6 Å². The Morgan fingerprint density at radius 3 is 2.83 bits per heavy atom. The minimum atomic E-state index is -0.621. The quantitative estimate of drug-likeness (QED) is 0.341. The van der Waals surface area contributed by atoms with Gasteiger partial charge in [0.2, 0.25) is 5.90 Å². The second-order valence-corrected chi connectivity index (χ2v) is 6.51. The van der Waals surface area contributed by atoms with E-state index in [4.69, 9.17) is 14.2 Å². The van der Waals surface area contributed by atoms with Crippen LogP contribution in [-0.4, -0.2) is 30.5 Å². The van der Waals surface area contributed by atoms with Crippen LogP contribution < -0.4 is 9.47 Å². The van der Waals surface area contributed by atoms with E-state index in [1.807, 2.05) is 18.2 Å². The van der Waals surface area contributed by atoms with Crippen molar-refractivity contribution in [3.63, 3.8) is 0 Å². The standard InChI is InChI=1S/C21H16N2O6/c1-12-3-4-15(9-18(12)23(25)26)20-22-17(21(24)29-20)8-13-7-14-5-6-16(27-2)10-19(14)28-11-13/h3-10H,11H2,1-2H3/b17-8-. The number of ether oxygens (including phenoxy) is 3. The Hall–Kier alpha value is -3.94. The van der Waals surface area contributed by atoms with Crippen LogP contribution in [0.25, 0.3) is 6.08 Å². The van der Waals surface area contributed by atoms with Crippen molar-refractivity contribution < 1.29 is 23.9 Å². The first-order chi connectivity index (χ1) is 13.9. The molecule has 0 amide bonds. The highest BCUT2D eigenvalue weighted by Crippen LogP contribution is 2.31. The van der Waals surface area contributed by atoms with E-state index >= 15 is 0 Å². The van der Waals surface area contributed by atoms with Crippen molar-refractivity contribution in [2.75, 3.05) is 13.7 Å². The van der Waals surface area contributed by atoms with Gasteiger partial charge in [-0.3, -0.25) is 10.1 Å². The number of fused-ring (bicyclic) bond motifs is 1. The summed E-state index contributed by atoms with van der Waals surface area (Å²) in [7, 11) is 1.58. The number of cyclic esters (lactones) is 1. The highest BCUT2D eigenvalue weighted by atomic mass is 16.6. The van der Waals surface area contributed by atoms with Crippen LogP contribution in [0.3, 0.4) is 0 Å². The van der Waals surface area contributed by atoms with E-state index in [1.165, 1.54) is 6.07 Å². The summed E-state index contributed by atoms with van der Waals surface area (Å²) >= 11 is 0. The molecule has 0 aliphatic carbocycles. The van der Waals surface area contributed by atoms with Gasteiger partial charge in [0.15, 0.2) is 5.70 Å². The maximum atomic E-state index is 12.2. The normalized spacial score (nSPS) is 16.5. The molecule has 0 atom stereocenters. The number of aliphatic imine (C=N–C) groups is 1. The molecule has 0 spiro atoms. The number of rotatable bonds is 4. The number of nitrogens with zero attached hydrogens (tertiary/aromatic N) is 2. The Morgan fingerprint density at radius 2 is 2.07 bits per heavy atom. The van der Waals surface area contributed by atoms with Gasteiger partial charge in [-0.15, -0.1) is 0 Å². The van der Waals surface area contributed by atoms with E-state index in [1.54, 1.807) is 38.3 Å². The van der Waals surface area contributed by atoms with Crippen LogP contribution in [0, 0.1) is 17.0 Å². The number of carbonyl (C=O) groups excluding carboxylic acids is 1. The zero-order valence-electron chi connectivity index (χ0n) is 15.7. The smallest absolute Gasteiger partial charge is 0.363 e. The Bertz CT molecular complexity index is 1130. The molecule has 146 valence electrons. The van der Waals surface area contributed by atoms with Gasteiger partial charge in [-0.2, -0.15) is 0 Å². The number of nitro groups is 1. The summed E-state index contributed by atoms with van der Waals surface area (Å²) in [5, 5.41) is 11.1. The van der Waals surface area contributed by atoms with Crippen LogP contribution in [0.4, 0.5) is 5.69 Å². The van der Waals surface area contributed by atoms with Crippen LogP contribution in [0.15, 0.2) is 58.7 Å². The zero-order chi connectivity index (χ0) is 20.5. The number of esters is 1. The van der Waals surface area contributed by atoms with Crippen molar-refractivity contribution in [2.45, 2.75) is 6.92 Å². The number of nitro benzene ring substituents is 1. The third-order valence-electron chi connectivity index (χ3n) is 4.55. The number of hydrogen-bond acceptors (Lipinski definition) is 7. The minimum Gasteiger partial charge on any atom is -0.497 e. The summed E-state index contributed by atoms with van der Waals surface area (Å²) in [6.07, 6.45) is 3.48. The Balaban J connectivity index is 1.64. The highest BCUT2D eigenvalue weighted by Gasteiger charge is 2.26. The lowest BCUT2D eigenvalue weighted by atomic mass is 10.1. The highest BCUT2D eigenvalue weighted by molar-refractivity contribution is 6.11. The summed E-state index contributed by atoms with van der Waals surface area (Å²) in [6, 6.07) is 10.0. The van der Waals surface area contributed by atoms with E-state index in [0.717, 1.165) is 11.1 Å². The molecule has 0 unspecified atom stereocenters. The molecule has 8 nitrogen and oxygen atoms in total. The molecule has 0 saturated heterocycles. The largest absolute Gasteiger partial charge is 0.497 e. The van der Waals surface area contributed by atoms with Crippen LogP contribution in [0.5, 0.6) is 11.5 Å². The number of carbonyl (C=O) groups is 1. The van der Waals surface area contributed by atoms with Gasteiger partial charge in [0, 0.05) is 28.8 Å². The third-order valence-corrected chi connectivity index (χ3v) is 4.55. The third kappa shape index (κ3) is 3.60. The molecule has 0 saturated carbocycles. The first-order valence-electron chi connectivity index (χ1n) is 8.74. The lowest BCUT2D eigenvalue weighted by Crippen LogP contribution is -2.08. The van der Waals surface area contributed by atoms with Crippen LogP contribution in [0.1, 0.15) is 16.7 Å². The molecule has 2 aromatic carbocycles. The molecule has 2 aromatic rings. The van der Waals surface area contributed by atoms with Crippen molar-refractivity contribution in [1.29, 1.82) is 0 Å². The average molecular weight is 392 g/mol. The van der Waals surface area contributed by atoms with E-state index in [-0.39, 0.29) is 23.9 Å². The lowest BCUT2D eigenvalue weighted by Gasteiger charge is -2.16. The lowest BCUT2D eigenvalue weighted by molar-refractivity contribution is -0.385. The summed E-state index contributed by atoms with van der Waals surface area (Å²) in [6.45, 7) is 1.90. The number of hydrogen-bond donors (Lipinski definition) is 0. The van der Waals surface area contributed by atoms with Gasteiger partial charge < -0.3 is 14.2 Å². The topological polar surface area (TPSA) is 100 Å². The molecule has 4 rings (SSSR count). The molecule has 0 aromatic heterocycles. The molecule has 0 bridgehead atoms. The maximum Gasteiger partial charge on any atom is 0.363 e. The van der Waals surface area contributed by atoms with Crippen molar-refractivity contribution in [3.05, 3.63) is 80.5 Å². The summed E-state index contributed by atoms with van der Waals surface area (Å²) in [4.78, 5) is 27.1. The van der Waals surface area contributed by atoms with Crippen LogP contribution in [0.2, 0.25) is 0 Å². The monoisotopic (exact) mass is 392 g/mol. The molecular formula is C21H16N2O6. The van der Waals surface area contributed by atoms with Gasteiger partial charge in [0.05, 0.1) is 12.0 Å². The molecular weight excluding hydrogens is 376 g/mol. The zero-order valence-corrected chi connectivity index (χ0v) is 15.7. The van der Waals surface area contributed by atoms with Gasteiger partial charge in [0.1, 0.15) is 18.1 Å². The van der Waals surface area contributed by atoms with Gasteiger partial charge in [-0.1, -0.05) is 6.07 Å². The van der Waals surface area contributed by atoms with E-state index in [0.29, 0.717) is 22.6 Å². The summed E-state index contributed by atoms with van der Waals surface area (Å²) in [5.74, 6) is 0.799. The fraction of sp³-hybridized carbons (Fsp3) is 0.143. The van der Waals surface area contributed by atoms with E-state index in [2.05, 4.69) is 4.99 Å². The molecule has 0 fully saturated rings.